The second-order valence-corrected chi connectivity index (χ2v) is 5.56. The molecule has 0 spiro atoms. The number of hydrogen-bond donors (Lipinski definition) is 1. The molecule has 4 rings (SSSR count). The second-order valence-electron chi connectivity index (χ2n) is 5.56. The maximum Gasteiger partial charge on any atom is 0.249 e. The van der Waals surface area contributed by atoms with Gasteiger partial charge in [-0.15, -0.1) is 0 Å². The summed E-state index contributed by atoms with van der Waals surface area (Å²) in [4.78, 5) is 15.9. The van der Waals surface area contributed by atoms with Gasteiger partial charge < -0.3 is 10.3 Å². The molecule has 0 fully saturated rings. The molecule has 2 aromatic carbocycles. The molecule has 5 heteroatoms. The number of nitrogens with zero attached hydrogens (tertiary/aromatic N) is 2. The molecule has 0 saturated carbocycles. The third-order valence-corrected chi connectivity index (χ3v) is 4.10. The number of benzene rings is 2. The Balaban J connectivity index is 2.10. The monoisotopic (exact) mass is 318 g/mol. The fraction of sp³-hybridized carbons (Fsp3) is 0.0526. The Bertz CT molecular complexity index is 1070. The maximum atomic E-state index is 14.5. The van der Waals surface area contributed by atoms with Crippen LogP contribution >= 0.6 is 0 Å². The lowest BCUT2D eigenvalue weighted by Crippen LogP contribution is -2.11. The lowest BCUT2D eigenvalue weighted by Gasteiger charge is -2.08. The van der Waals surface area contributed by atoms with E-state index in [1.807, 2.05) is 22.8 Å². The molecule has 4 nitrogen and oxygen atoms in total. The minimum Gasteiger partial charge on any atom is -0.366 e. The van der Waals surface area contributed by atoms with Gasteiger partial charge >= 0.3 is 0 Å². The lowest BCUT2D eigenvalue weighted by atomic mass is 10.1. The smallest absolute Gasteiger partial charge is 0.249 e. The van der Waals surface area contributed by atoms with Crippen molar-refractivity contribution in [2.45, 2.75) is 6.54 Å². The van der Waals surface area contributed by atoms with Gasteiger partial charge in [-0.2, -0.15) is 0 Å². The van der Waals surface area contributed by atoms with Crippen LogP contribution in [-0.4, -0.2) is 15.5 Å². The zero-order valence-corrected chi connectivity index (χ0v) is 12.7. The number of pyridine rings is 1. The molecule has 1 radical (unpaired) electrons. The highest BCUT2D eigenvalue weighted by Gasteiger charge is 2.18. The number of fused-ring (bicyclic) bond motifs is 3. The Kier molecular flexibility index (Phi) is 3.27. The molecule has 2 aromatic heterocycles. The Labute approximate surface area is 137 Å². The Hall–Kier alpha value is -3.21. The molecule has 0 atom stereocenters. The zero-order valence-electron chi connectivity index (χ0n) is 12.7. The number of hydrogen-bond acceptors (Lipinski definition) is 2. The summed E-state index contributed by atoms with van der Waals surface area (Å²) in [6.45, 7) is 0.435. The minimum atomic E-state index is -0.543. The summed E-state index contributed by atoms with van der Waals surface area (Å²) in [6, 6.07) is 14.9. The van der Waals surface area contributed by atoms with Crippen molar-refractivity contribution in [1.82, 2.24) is 9.55 Å². The Morgan fingerprint density at radius 3 is 2.88 bits per heavy atom. The molecular weight excluding hydrogens is 305 g/mol. The van der Waals surface area contributed by atoms with E-state index in [0.717, 1.165) is 11.1 Å². The van der Waals surface area contributed by atoms with Gasteiger partial charge in [-0.05, 0) is 35.9 Å². The number of primary amides is 1. The third-order valence-electron chi connectivity index (χ3n) is 4.10. The average Bonchev–Trinajstić information content (AvgIpc) is 2.91. The van der Waals surface area contributed by atoms with Crippen LogP contribution in [0.3, 0.4) is 0 Å². The van der Waals surface area contributed by atoms with Crippen LogP contribution < -0.4 is 5.73 Å². The van der Waals surface area contributed by atoms with Crippen LogP contribution in [0, 0.1) is 11.9 Å². The minimum absolute atomic E-state index is 0.362. The van der Waals surface area contributed by atoms with Crippen LogP contribution in [0.15, 0.2) is 54.9 Å². The van der Waals surface area contributed by atoms with Crippen molar-refractivity contribution in [3.8, 4) is 0 Å². The molecule has 0 aliphatic heterocycles. The fourth-order valence-electron chi connectivity index (χ4n) is 3.11. The summed E-state index contributed by atoms with van der Waals surface area (Å²) in [5.41, 5.74) is 7.95. The van der Waals surface area contributed by atoms with Gasteiger partial charge in [0.2, 0.25) is 5.91 Å². The zero-order chi connectivity index (χ0) is 16.7. The maximum absolute atomic E-state index is 14.5. The first-order valence-corrected chi connectivity index (χ1v) is 7.46. The summed E-state index contributed by atoms with van der Waals surface area (Å²) >= 11 is 0. The average molecular weight is 318 g/mol. The van der Waals surface area contributed by atoms with E-state index in [4.69, 9.17) is 5.73 Å². The van der Waals surface area contributed by atoms with E-state index in [1.54, 1.807) is 24.5 Å². The predicted molar refractivity (Wildman–Crippen MR) is 90.1 cm³/mol. The molecule has 2 N–H and O–H groups in total. The molecule has 1 amide bonds. The predicted octanol–water partition coefficient (Wildman–Crippen LogP) is 3.28. The SMILES string of the molecule is NC(=O)c1cccc2c1c1[c]ccc(F)c1n2Cc1cccnc1. The molecule has 0 bridgehead atoms. The summed E-state index contributed by atoms with van der Waals surface area (Å²) < 4.78 is 16.4. The van der Waals surface area contributed by atoms with Crippen LogP contribution in [0.2, 0.25) is 0 Å². The highest BCUT2D eigenvalue weighted by Crippen LogP contribution is 2.33. The van der Waals surface area contributed by atoms with Gasteiger partial charge in [0, 0.05) is 35.3 Å². The molecule has 0 unspecified atom stereocenters. The largest absolute Gasteiger partial charge is 0.366 e. The third kappa shape index (κ3) is 2.13. The van der Waals surface area contributed by atoms with Gasteiger partial charge in [0.1, 0.15) is 5.82 Å². The molecule has 0 aliphatic rings. The molecule has 0 saturated heterocycles. The van der Waals surface area contributed by atoms with Crippen molar-refractivity contribution in [3.63, 3.8) is 0 Å². The van der Waals surface area contributed by atoms with E-state index in [-0.39, 0.29) is 5.82 Å². The number of halogens is 1. The van der Waals surface area contributed by atoms with Crippen molar-refractivity contribution < 1.29 is 9.18 Å². The van der Waals surface area contributed by atoms with Crippen molar-refractivity contribution in [1.29, 1.82) is 0 Å². The van der Waals surface area contributed by atoms with Crippen molar-refractivity contribution in [2.24, 2.45) is 5.73 Å². The number of carbonyl (C=O) groups excluding carboxylic acids is 1. The molecule has 24 heavy (non-hydrogen) atoms. The summed E-state index contributed by atoms with van der Waals surface area (Å²) in [5.74, 6) is -0.905. The first-order valence-electron chi connectivity index (χ1n) is 7.46. The number of amides is 1. The first kappa shape index (κ1) is 14.4. The highest BCUT2D eigenvalue weighted by molar-refractivity contribution is 6.17. The van der Waals surface area contributed by atoms with E-state index in [2.05, 4.69) is 11.1 Å². The lowest BCUT2D eigenvalue weighted by molar-refractivity contribution is 0.100. The molecular formula is C19H13FN3O. The van der Waals surface area contributed by atoms with E-state index in [0.29, 0.717) is 28.4 Å². The topological polar surface area (TPSA) is 60.9 Å². The van der Waals surface area contributed by atoms with E-state index in [1.165, 1.54) is 12.1 Å². The Morgan fingerprint density at radius 1 is 1.25 bits per heavy atom. The van der Waals surface area contributed by atoms with Crippen molar-refractivity contribution >= 4 is 27.7 Å². The van der Waals surface area contributed by atoms with Crippen LogP contribution in [0.1, 0.15) is 15.9 Å². The first-order chi connectivity index (χ1) is 11.7. The highest BCUT2D eigenvalue weighted by atomic mass is 19.1. The van der Waals surface area contributed by atoms with Crippen molar-refractivity contribution in [3.05, 3.63) is 77.9 Å². The standard InChI is InChI=1S/C19H13FN3O/c20-15-7-1-5-13-17-14(19(21)24)6-2-8-16(17)23(18(13)15)11-12-4-3-9-22-10-12/h1-4,6-10H,11H2,(H2,21,24). The normalized spacial score (nSPS) is 11.2. The molecule has 117 valence electrons. The fourth-order valence-corrected chi connectivity index (χ4v) is 3.11. The van der Waals surface area contributed by atoms with Gasteiger partial charge in [0.05, 0.1) is 11.0 Å². The molecule has 4 aromatic rings. The van der Waals surface area contributed by atoms with Crippen LogP contribution in [0.4, 0.5) is 4.39 Å². The van der Waals surface area contributed by atoms with E-state index >= 15 is 0 Å². The van der Waals surface area contributed by atoms with E-state index in [9.17, 15) is 9.18 Å². The number of aromatic nitrogens is 2. The van der Waals surface area contributed by atoms with Crippen LogP contribution in [0.25, 0.3) is 21.8 Å². The second kappa shape index (κ2) is 5.45. The van der Waals surface area contributed by atoms with Crippen molar-refractivity contribution in [2.75, 3.05) is 0 Å². The van der Waals surface area contributed by atoms with Crippen LogP contribution in [0.5, 0.6) is 0 Å². The van der Waals surface area contributed by atoms with Gasteiger partial charge in [-0.25, -0.2) is 4.39 Å². The molecule has 2 heterocycles. The van der Waals surface area contributed by atoms with E-state index < -0.39 is 5.91 Å². The van der Waals surface area contributed by atoms with Gasteiger partial charge in [-0.1, -0.05) is 18.2 Å². The Morgan fingerprint density at radius 2 is 2.12 bits per heavy atom. The van der Waals surface area contributed by atoms with Gasteiger partial charge in [-0.3, -0.25) is 9.78 Å². The quantitative estimate of drug-likeness (QED) is 0.630. The van der Waals surface area contributed by atoms with Crippen LogP contribution in [-0.2, 0) is 6.54 Å². The van der Waals surface area contributed by atoms with Gasteiger partial charge in [0.25, 0.3) is 0 Å². The summed E-state index contributed by atoms with van der Waals surface area (Å²) in [6.07, 6.45) is 3.43. The van der Waals surface area contributed by atoms with Gasteiger partial charge in [0.15, 0.2) is 0 Å². The summed E-state index contributed by atoms with van der Waals surface area (Å²) in [5, 5.41) is 1.19. The molecule has 0 aliphatic carbocycles. The number of nitrogens with two attached hydrogens (primary N) is 1. The summed E-state index contributed by atoms with van der Waals surface area (Å²) in [7, 11) is 0. The number of rotatable bonds is 3. The number of carbonyl (C=O) groups is 1.